The number of hydrogen-bond acceptors (Lipinski definition) is 5. The quantitative estimate of drug-likeness (QED) is 0.616. The van der Waals surface area contributed by atoms with Crippen LogP contribution in [0.3, 0.4) is 0 Å². The predicted octanol–water partition coefficient (Wildman–Crippen LogP) is 4.08. The minimum absolute atomic E-state index is 0.0520. The summed E-state index contributed by atoms with van der Waals surface area (Å²) in [6, 6.07) is 9.34. The van der Waals surface area contributed by atoms with Crippen LogP contribution in [-0.4, -0.2) is 36.5 Å². The van der Waals surface area contributed by atoms with Crippen LogP contribution in [-0.2, 0) is 21.8 Å². The summed E-state index contributed by atoms with van der Waals surface area (Å²) in [7, 11) is -3.76. The molecule has 2 heterocycles. The summed E-state index contributed by atoms with van der Waals surface area (Å²) in [5, 5.41) is 4.94. The summed E-state index contributed by atoms with van der Waals surface area (Å²) in [5.74, 6) is -0.899. The maximum atomic E-state index is 15.2. The van der Waals surface area contributed by atoms with E-state index < -0.39 is 21.7 Å². The Balaban J connectivity index is 1.84. The molecule has 1 aromatic heterocycles. The van der Waals surface area contributed by atoms with Gasteiger partial charge in [-0.3, -0.25) is 0 Å². The molecule has 4 rings (SSSR count). The number of hydrogen-bond donors (Lipinski definition) is 1. The molecule has 0 amide bonds. The van der Waals surface area contributed by atoms with Gasteiger partial charge in [-0.2, -0.15) is 5.10 Å². The van der Waals surface area contributed by atoms with Crippen LogP contribution < -0.4 is 10.6 Å². The zero-order valence-corrected chi connectivity index (χ0v) is 19.8. The summed E-state index contributed by atoms with van der Waals surface area (Å²) >= 11 is 6.00. The molecule has 1 aliphatic rings. The Hall–Kier alpha value is -2.42. The number of aromatic nitrogens is 2. The van der Waals surface area contributed by atoms with Gasteiger partial charge < -0.3 is 10.6 Å². The highest BCUT2D eigenvalue weighted by atomic mass is 35.5. The smallest absolute Gasteiger partial charge is 0.182 e. The third-order valence-corrected chi connectivity index (χ3v) is 7.69. The van der Waals surface area contributed by atoms with E-state index in [9.17, 15) is 8.42 Å². The second-order valence-corrected chi connectivity index (χ2v) is 11.7. The number of halogens is 2. The Morgan fingerprint density at radius 1 is 1.19 bits per heavy atom. The lowest BCUT2D eigenvalue weighted by molar-refractivity contribution is 0.584. The third kappa shape index (κ3) is 4.53. The van der Waals surface area contributed by atoms with Gasteiger partial charge in [0.2, 0.25) is 0 Å². The number of nitrogens with two attached hydrogens (primary N) is 1. The molecular weight excluding hydrogens is 451 g/mol. The molecule has 32 heavy (non-hydrogen) atoms. The first-order valence-corrected chi connectivity index (χ1v) is 12.3. The van der Waals surface area contributed by atoms with Gasteiger partial charge in [0.15, 0.2) is 9.84 Å². The molecule has 1 atom stereocenters. The van der Waals surface area contributed by atoms with E-state index in [1.165, 1.54) is 4.68 Å². The number of fused-ring (bicyclic) bond motifs is 1. The van der Waals surface area contributed by atoms with Crippen molar-refractivity contribution in [2.75, 3.05) is 17.2 Å². The topological polar surface area (TPSA) is 81.2 Å². The highest BCUT2D eigenvalue weighted by molar-refractivity contribution is 7.91. The molecule has 0 spiro atoms. The number of anilines is 1. The largest absolute Gasteiger partial charge is 0.364 e. The zero-order valence-electron chi connectivity index (χ0n) is 18.2. The van der Waals surface area contributed by atoms with Crippen molar-refractivity contribution in [3.63, 3.8) is 0 Å². The maximum absolute atomic E-state index is 15.2. The van der Waals surface area contributed by atoms with E-state index in [-0.39, 0.29) is 21.8 Å². The average molecular weight is 477 g/mol. The van der Waals surface area contributed by atoms with Gasteiger partial charge >= 0.3 is 0 Å². The SMILES string of the molecule is CC(C)(C)c1cnn(-c2cc3c(cc2F)S(=O)(=O)C[C@H](N)CN3Cc2ccc(Cl)cc2)c1. The second-order valence-electron chi connectivity index (χ2n) is 9.24. The van der Waals surface area contributed by atoms with Gasteiger partial charge in [-0.05, 0) is 40.8 Å². The Labute approximate surface area is 192 Å². The van der Waals surface area contributed by atoms with Gasteiger partial charge in [0.05, 0.1) is 22.5 Å². The van der Waals surface area contributed by atoms with Crippen molar-refractivity contribution in [2.45, 2.75) is 43.7 Å². The van der Waals surface area contributed by atoms with Crippen LogP contribution in [0.2, 0.25) is 5.02 Å². The molecule has 170 valence electrons. The van der Waals surface area contributed by atoms with Crippen molar-refractivity contribution in [1.29, 1.82) is 0 Å². The molecule has 2 N–H and O–H groups in total. The number of nitrogens with zero attached hydrogens (tertiary/aromatic N) is 3. The molecule has 0 fully saturated rings. The third-order valence-electron chi connectivity index (χ3n) is 5.57. The predicted molar refractivity (Wildman–Crippen MR) is 125 cm³/mol. The first-order chi connectivity index (χ1) is 14.9. The fourth-order valence-corrected chi connectivity index (χ4v) is 5.58. The Morgan fingerprint density at radius 3 is 2.50 bits per heavy atom. The van der Waals surface area contributed by atoms with Gasteiger partial charge in [-0.1, -0.05) is 44.5 Å². The summed E-state index contributed by atoms with van der Waals surface area (Å²) in [6.45, 7) is 6.85. The summed E-state index contributed by atoms with van der Waals surface area (Å²) in [4.78, 5) is 1.83. The molecule has 3 aromatic rings. The molecule has 0 saturated heterocycles. The lowest BCUT2D eigenvalue weighted by atomic mass is 9.90. The molecule has 2 aromatic carbocycles. The fourth-order valence-electron chi connectivity index (χ4n) is 3.81. The average Bonchev–Trinajstić information content (AvgIpc) is 3.16. The summed E-state index contributed by atoms with van der Waals surface area (Å²) < 4.78 is 42.5. The molecule has 0 aliphatic carbocycles. The van der Waals surface area contributed by atoms with Gasteiger partial charge in [0.25, 0.3) is 0 Å². The molecule has 9 heteroatoms. The van der Waals surface area contributed by atoms with Crippen molar-refractivity contribution >= 4 is 27.1 Å². The fraction of sp³-hybridized carbons (Fsp3) is 0.348. The number of rotatable bonds is 3. The van der Waals surface area contributed by atoms with Crippen molar-refractivity contribution < 1.29 is 12.8 Å². The number of sulfone groups is 1. The number of benzene rings is 2. The summed E-state index contributed by atoms with van der Waals surface area (Å²) in [5.41, 5.74) is 8.47. The Kier molecular flexibility index (Phi) is 5.81. The van der Waals surface area contributed by atoms with Gasteiger partial charge in [0.1, 0.15) is 11.5 Å². The molecule has 1 aliphatic heterocycles. The van der Waals surface area contributed by atoms with E-state index >= 15 is 4.39 Å². The molecule has 6 nitrogen and oxygen atoms in total. The van der Waals surface area contributed by atoms with E-state index in [2.05, 4.69) is 5.10 Å². The van der Waals surface area contributed by atoms with Gasteiger partial charge in [0, 0.05) is 30.4 Å². The monoisotopic (exact) mass is 476 g/mol. The molecule has 0 radical (unpaired) electrons. The second kappa shape index (κ2) is 8.17. The molecular formula is C23H26ClFN4O2S. The van der Waals surface area contributed by atoms with Crippen LogP contribution in [0, 0.1) is 5.82 Å². The van der Waals surface area contributed by atoms with E-state index in [1.807, 2.05) is 37.8 Å². The standard InChI is InChI=1S/C23H26ClFN4O2S/c1-23(2,3)16-10-27-29(12-16)20-9-21-22(8-19(20)25)32(30,31)14-18(26)13-28(21)11-15-4-6-17(24)7-5-15/h4-10,12,18H,11,13-14,26H2,1-3H3/t18-/m1/s1. The molecule has 0 bridgehead atoms. The maximum Gasteiger partial charge on any atom is 0.182 e. The van der Waals surface area contributed by atoms with E-state index in [4.69, 9.17) is 17.3 Å². The lowest BCUT2D eigenvalue weighted by Gasteiger charge is -2.26. The first kappa shape index (κ1) is 22.8. The van der Waals surface area contributed by atoms with Gasteiger partial charge in [-0.25, -0.2) is 17.5 Å². The van der Waals surface area contributed by atoms with Crippen molar-refractivity contribution in [2.24, 2.45) is 5.73 Å². The first-order valence-electron chi connectivity index (χ1n) is 10.3. The minimum atomic E-state index is -3.76. The van der Waals surface area contributed by atoms with Crippen molar-refractivity contribution in [3.05, 3.63) is 70.8 Å². The highest BCUT2D eigenvalue weighted by Crippen LogP contribution is 2.35. The van der Waals surface area contributed by atoms with Crippen molar-refractivity contribution in [3.8, 4) is 5.69 Å². The van der Waals surface area contributed by atoms with E-state index in [0.717, 1.165) is 17.2 Å². The molecule has 0 unspecified atom stereocenters. The van der Waals surface area contributed by atoms with Crippen LogP contribution in [0.1, 0.15) is 31.9 Å². The zero-order chi connectivity index (χ0) is 23.3. The van der Waals surface area contributed by atoms with Crippen LogP contribution in [0.4, 0.5) is 10.1 Å². The van der Waals surface area contributed by atoms with Crippen LogP contribution in [0.5, 0.6) is 0 Å². The Morgan fingerprint density at radius 2 is 1.88 bits per heavy atom. The highest BCUT2D eigenvalue weighted by Gasteiger charge is 2.32. The van der Waals surface area contributed by atoms with E-state index in [0.29, 0.717) is 23.8 Å². The van der Waals surface area contributed by atoms with Crippen LogP contribution >= 0.6 is 11.6 Å². The molecule has 0 saturated carbocycles. The van der Waals surface area contributed by atoms with Gasteiger partial charge in [-0.15, -0.1) is 0 Å². The van der Waals surface area contributed by atoms with E-state index in [1.54, 1.807) is 30.6 Å². The normalized spacial score (nSPS) is 18.3. The van der Waals surface area contributed by atoms with Crippen molar-refractivity contribution in [1.82, 2.24) is 9.78 Å². The van der Waals surface area contributed by atoms with Crippen LogP contribution in [0.15, 0.2) is 53.7 Å². The lowest BCUT2D eigenvalue weighted by Crippen LogP contribution is -2.39. The minimum Gasteiger partial charge on any atom is -0.364 e. The van der Waals surface area contributed by atoms with Crippen LogP contribution in [0.25, 0.3) is 5.69 Å². The summed E-state index contributed by atoms with van der Waals surface area (Å²) in [6.07, 6.45) is 3.47. The Bertz CT molecular complexity index is 1250.